The number of nitrogens with zero attached hydrogens (tertiary/aromatic N) is 1. The number of benzene rings is 2. The Balaban J connectivity index is 0.000000696. The standard InChI is InChI=1S/C21H20N2O5.ClHO4/c1-13-3-8-18-16(9-13)17(22-11-20(24)23-12-21(25)26)10-19(28-18)14-4-6-15(27-2)7-5-14;2-1(3,4)5/h3-10H,11-12H2,1-2H3,(H,23,24)(H,25,26);(H,2,3,4,5). The zero-order valence-electron chi connectivity index (χ0n) is 17.6. The molecule has 0 spiro atoms. The number of rotatable bonds is 6. The summed E-state index contributed by atoms with van der Waals surface area (Å²) in [6.07, 6.45) is 0. The number of carboxylic acids is 1. The number of carboxylic acid groups (broad SMARTS) is 1. The summed E-state index contributed by atoms with van der Waals surface area (Å²) in [7, 11) is -3.09. The van der Waals surface area contributed by atoms with Crippen molar-refractivity contribution in [3.63, 3.8) is 0 Å². The second-order valence-electron chi connectivity index (χ2n) is 6.61. The summed E-state index contributed by atoms with van der Waals surface area (Å²) in [5.74, 6) is -0.228. The van der Waals surface area contributed by atoms with Gasteiger partial charge in [-0.25, -0.2) is 0 Å². The Morgan fingerprint density at radius 1 is 1.12 bits per heavy atom. The maximum atomic E-state index is 11.8. The van der Waals surface area contributed by atoms with Gasteiger partial charge in [0, 0.05) is 17.0 Å². The molecule has 0 saturated carbocycles. The summed E-state index contributed by atoms with van der Waals surface area (Å²) >= 11 is 0. The van der Waals surface area contributed by atoms with E-state index >= 15 is 0 Å². The monoisotopic (exact) mass is 480 g/mol. The fourth-order valence-corrected chi connectivity index (χ4v) is 2.70. The number of halogens is 1. The van der Waals surface area contributed by atoms with Crippen LogP contribution in [0.15, 0.2) is 57.9 Å². The van der Waals surface area contributed by atoms with Gasteiger partial charge in [0.25, 0.3) is 0 Å². The molecule has 0 aliphatic heterocycles. The third kappa shape index (κ3) is 8.88. The quantitative estimate of drug-likeness (QED) is 0.372. The molecular formula is C21H21ClN2O9. The van der Waals surface area contributed by atoms with E-state index in [1.54, 1.807) is 13.2 Å². The Morgan fingerprint density at radius 3 is 2.33 bits per heavy atom. The SMILES string of the molecule is COc1ccc(-c2cc(=NCC(=O)NCC(=O)O)c3cc(C)ccc3o2)cc1.[O-][Cl+3]([O-])([O-])O. The molecule has 0 atom stereocenters. The molecule has 1 aromatic heterocycles. The van der Waals surface area contributed by atoms with Gasteiger partial charge in [0.1, 0.15) is 30.2 Å². The van der Waals surface area contributed by atoms with Crippen LogP contribution in [0.25, 0.3) is 22.3 Å². The molecule has 11 nitrogen and oxygen atoms in total. The van der Waals surface area contributed by atoms with Crippen LogP contribution in [0, 0.1) is 17.2 Å². The molecule has 1 amide bonds. The van der Waals surface area contributed by atoms with Crippen molar-refractivity contribution < 1.29 is 52.7 Å². The second kappa shape index (κ2) is 11.4. The van der Waals surface area contributed by atoms with Crippen LogP contribution in [0.1, 0.15) is 5.56 Å². The van der Waals surface area contributed by atoms with Gasteiger partial charge in [0.2, 0.25) is 5.91 Å². The predicted octanol–water partition coefficient (Wildman–Crippen LogP) is -1.61. The van der Waals surface area contributed by atoms with Crippen molar-refractivity contribution in [3.05, 3.63) is 59.5 Å². The molecule has 3 aromatic rings. The Labute approximate surface area is 189 Å². The Hall–Kier alpha value is -3.48. The van der Waals surface area contributed by atoms with E-state index in [-0.39, 0.29) is 6.54 Å². The molecule has 0 saturated heterocycles. The van der Waals surface area contributed by atoms with Gasteiger partial charge in [-0.3, -0.25) is 14.6 Å². The normalized spacial score (nSPS) is 11.5. The summed E-state index contributed by atoms with van der Waals surface area (Å²) in [5.41, 5.74) is 2.52. The van der Waals surface area contributed by atoms with E-state index in [1.165, 1.54) is 0 Å². The fraction of sp³-hybridized carbons (Fsp3) is 0.190. The first kappa shape index (κ1) is 25.8. The third-order valence-corrected chi connectivity index (χ3v) is 4.10. The Kier molecular flexibility index (Phi) is 8.91. The third-order valence-electron chi connectivity index (χ3n) is 4.10. The van der Waals surface area contributed by atoms with Crippen molar-refractivity contribution in [1.82, 2.24) is 5.32 Å². The van der Waals surface area contributed by atoms with Gasteiger partial charge in [-0.05, 0) is 43.3 Å². The number of fused-ring (bicyclic) bond motifs is 1. The molecular weight excluding hydrogens is 460 g/mol. The van der Waals surface area contributed by atoms with Gasteiger partial charge in [0.15, 0.2) is 0 Å². The number of ether oxygens (including phenoxy) is 1. The van der Waals surface area contributed by atoms with Gasteiger partial charge in [-0.1, -0.05) is 11.6 Å². The van der Waals surface area contributed by atoms with E-state index in [9.17, 15) is 9.59 Å². The molecule has 176 valence electrons. The number of methoxy groups -OCH3 is 1. The molecule has 0 radical (unpaired) electrons. The maximum absolute atomic E-state index is 11.8. The zero-order chi connectivity index (χ0) is 24.6. The summed E-state index contributed by atoms with van der Waals surface area (Å²) < 4.78 is 43.9. The number of hydrogen-bond donors (Lipinski definition) is 3. The van der Waals surface area contributed by atoms with Crippen LogP contribution in [0.2, 0.25) is 0 Å². The average molecular weight is 481 g/mol. The summed E-state index contributed by atoms with van der Waals surface area (Å²) in [6.45, 7) is 1.35. The number of carbonyl (C=O) groups excluding carboxylic acids is 1. The minimum absolute atomic E-state index is 0.178. The van der Waals surface area contributed by atoms with Crippen molar-refractivity contribution in [3.8, 4) is 17.1 Å². The van der Waals surface area contributed by atoms with E-state index in [0.717, 1.165) is 22.3 Å². The van der Waals surface area contributed by atoms with Crippen molar-refractivity contribution in [2.24, 2.45) is 4.99 Å². The topological polar surface area (TPSA) is 191 Å². The number of hydrogen-bond acceptors (Lipinski definition) is 9. The zero-order valence-corrected chi connectivity index (χ0v) is 18.4. The molecule has 12 heteroatoms. The molecule has 0 unspecified atom stereocenters. The van der Waals surface area contributed by atoms with E-state index in [0.29, 0.717) is 16.7 Å². The highest BCUT2D eigenvalue weighted by atomic mass is 35.7. The number of aryl methyl sites for hydroxylation is 1. The van der Waals surface area contributed by atoms with Crippen molar-refractivity contribution >= 4 is 22.8 Å². The summed E-state index contributed by atoms with van der Waals surface area (Å²) in [5, 5.41) is 12.3. The van der Waals surface area contributed by atoms with Crippen LogP contribution in [0.5, 0.6) is 5.75 Å². The highest BCUT2D eigenvalue weighted by Gasteiger charge is 2.08. The second-order valence-corrected chi connectivity index (χ2v) is 7.40. The molecule has 0 bridgehead atoms. The van der Waals surface area contributed by atoms with E-state index in [2.05, 4.69) is 10.3 Å². The first-order valence-corrected chi connectivity index (χ1v) is 10.5. The molecule has 3 N–H and O–H groups in total. The van der Waals surface area contributed by atoms with Crippen molar-refractivity contribution in [2.45, 2.75) is 6.92 Å². The molecule has 1 heterocycles. The van der Waals surface area contributed by atoms with Crippen molar-refractivity contribution in [2.75, 3.05) is 20.2 Å². The number of amides is 1. The number of nitrogens with one attached hydrogen (secondary N) is 1. The van der Waals surface area contributed by atoms with Crippen LogP contribution in [0.3, 0.4) is 0 Å². The molecule has 0 aliphatic carbocycles. The first-order chi connectivity index (χ1) is 15.5. The number of carbonyl (C=O) groups is 2. The van der Waals surface area contributed by atoms with E-state index in [1.807, 2.05) is 49.4 Å². The molecule has 0 fully saturated rings. The largest absolute Gasteiger partial charge is 0.497 e. The number of aliphatic carboxylic acids is 1. The fourth-order valence-electron chi connectivity index (χ4n) is 2.70. The molecule has 0 aliphatic rings. The Morgan fingerprint density at radius 2 is 1.76 bits per heavy atom. The van der Waals surface area contributed by atoms with E-state index in [4.69, 9.17) is 32.9 Å². The molecule has 3 rings (SSSR count). The summed E-state index contributed by atoms with van der Waals surface area (Å²) in [4.78, 5) is 26.8. The molecule has 33 heavy (non-hydrogen) atoms. The lowest BCUT2D eigenvalue weighted by atomic mass is 10.1. The van der Waals surface area contributed by atoms with Gasteiger partial charge in [-0.15, -0.1) is 0 Å². The minimum Gasteiger partial charge on any atom is -0.497 e. The van der Waals surface area contributed by atoms with Gasteiger partial charge in [-0.2, -0.15) is 14.0 Å². The van der Waals surface area contributed by atoms with Crippen LogP contribution >= 0.6 is 0 Å². The minimum atomic E-state index is -4.69. The lowest BCUT2D eigenvalue weighted by Gasteiger charge is -2.07. The van der Waals surface area contributed by atoms with Gasteiger partial charge < -0.3 is 19.6 Å². The van der Waals surface area contributed by atoms with Crippen LogP contribution in [-0.4, -0.2) is 41.8 Å². The lowest BCUT2D eigenvalue weighted by Crippen LogP contribution is -2.58. The Bertz CT molecular complexity index is 1180. The van der Waals surface area contributed by atoms with Crippen LogP contribution in [-0.2, 0) is 9.59 Å². The van der Waals surface area contributed by atoms with Crippen LogP contribution < -0.4 is 29.4 Å². The highest BCUT2D eigenvalue weighted by Crippen LogP contribution is 2.24. The van der Waals surface area contributed by atoms with Crippen molar-refractivity contribution in [1.29, 1.82) is 0 Å². The van der Waals surface area contributed by atoms with Gasteiger partial charge >= 0.3 is 5.97 Å². The summed E-state index contributed by atoms with van der Waals surface area (Å²) in [6, 6.07) is 14.9. The smallest absolute Gasteiger partial charge is 0.322 e. The van der Waals surface area contributed by atoms with E-state index < -0.39 is 28.7 Å². The van der Waals surface area contributed by atoms with Gasteiger partial charge in [0.05, 0.1) is 27.4 Å². The van der Waals surface area contributed by atoms with Crippen LogP contribution in [0.4, 0.5) is 0 Å². The first-order valence-electron chi connectivity index (χ1n) is 9.27. The maximum Gasteiger partial charge on any atom is 0.322 e. The molecule has 2 aromatic carbocycles. The highest BCUT2D eigenvalue weighted by molar-refractivity contribution is 5.83. The predicted molar refractivity (Wildman–Crippen MR) is 106 cm³/mol. The average Bonchev–Trinajstić information content (AvgIpc) is 2.75. The lowest BCUT2D eigenvalue weighted by molar-refractivity contribution is -1.92.